The summed E-state index contributed by atoms with van der Waals surface area (Å²) in [5.41, 5.74) is 2.30. The molecule has 1 aromatic carbocycles. The van der Waals surface area contributed by atoms with Crippen LogP contribution >= 0.6 is 0 Å². The van der Waals surface area contributed by atoms with Gasteiger partial charge in [0.05, 0.1) is 12.1 Å². The maximum atomic E-state index is 12.9. The number of carbonyl (C=O) groups is 1. The average Bonchev–Trinajstić information content (AvgIpc) is 3.33. The van der Waals surface area contributed by atoms with E-state index in [1.807, 2.05) is 36.4 Å². The summed E-state index contributed by atoms with van der Waals surface area (Å²) in [6, 6.07) is 12.8. The third-order valence-electron chi connectivity index (χ3n) is 4.73. The van der Waals surface area contributed by atoms with Gasteiger partial charge in [-0.25, -0.2) is 0 Å². The molecular formula is C20H17N3O3. The van der Waals surface area contributed by atoms with Crippen molar-refractivity contribution >= 4 is 5.91 Å². The van der Waals surface area contributed by atoms with Crippen molar-refractivity contribution in [1.29, 1.82) is 5.26 Å². The van der Waals surface area contributed by atoms with Crippen LogP contribution in [-0.2, 0) is 6.42 Å². The molecule has 0 aliphatic heterocycles. The van der Waals surface area contributed by atoms with Crippen molar-refractivity contribution in [1.82, 2.24) is 9.88 Å². The van der Waals surface area contributed by atoms with E-state index in [1.165, 1.54) is 0 Å². The summed E-state index contributed by atoms with van der Waals surface area (Å²) in [5, 5.41) is 22.8. The zero-order valence-corrected chi connectivity index (χ0v) is 14.1. The zero-order chi connectivity index (χ0) is 18.3. The summed E-state index contributed by atoms with van der Waals surface area (Å²) in [7, 11) is 0. The van der Waals surface area contributed by atoms with Crippen molar-refractivity contribution in [2.45, 2.75) is 25.5 Å². The monoisotopic (exact) mass is 347 g/mol. The Hall–Kier alpha value is -3.30. The number of nitrogens with zero attached hydrogens (tertiary/aromatic N) is 2. The van der Waals surface area contributed by atoms with Gasteiger partial charge in [-0.2, -0.15) is 5.26 Å². The lowest BCUT2D eigenvalue weighted by molar-refractivity contribution is 0.0856. The van der Waals surface area contributed by atoms with Crippen LogP contribution < -0.4 is 5.32 Å². The van der Waals surface area contributed by atoms with Crippen LogP contribution in [0.5, 0.6) is 0 Å². The molecule has 4 rings (SSSR count). The molecule has 0 fully saturated rings. The standard InChI is InChI=1S/C20H17N3O3/c1-12-17(15(11-21)20(26-12)23-8-4-5-9-23)19(25)22-18-14-7-3-2-6-13(14)10-16(18)24/h2-9,16,18,24H,10H2,1H3,(H,22,25)/t16-,18+/m1/s1. The first-order chi connectivity index (χ1) is 12.6. The number of aliphatic hydroxyl groups excluding tert-OH is 1. The molecule has 2 N–H and O–H groups in total. The molecule has 1 amide bonds. The smallest absolute Gasteiger partial charge is 0.256 e. The largest absolute Gasteiger partial charge is 0.443 e. The van der Waals surface area contributed by atoms with E-state index >= 15 is 0 Å². The van der Waals surface area contributed by atoms with Crippen LogP contribution in [0.2, 0.25) is 0 Å². The number of aryl methyl sites for hydroxylation is 1. The molecule has 2 heterocycles. The van der Waals surface area contributed by atoms with Crippen molar-refractivity contribution in [3.63, 3.8) is 0 Å². The fourth-order valence-electron chi connectivity index (χ4n) is 3.52. The van der Waals surface area contributed by atoms with Gasteiger partial charge in [-0.1, -0.05) is 24.3 Å². The van der Waals surface area contributed by atoms with E-state index < -0.39 is 18.1 Å². The number of benzene rings is 1. The Morgan fingerprint density at radius 3 is 2.77 bits per heavy atom. The maximum Gasteiger partial charge on any atom is 0.256 e. The van der Waals surface area contributed by atoms with Crippen molar-refractivity contribution in [2.24, 2.45) is 0 Å². The van der Waals surface area contributed by atoms with Gasteiger partial charge in [-0.15, -0.1) is 0 Å². The predicted molar refractivity (Wildman–Crippen MR) is 93.8 cm³/mol. The van der Waals surface area contributed by atoms with Crippen LogP contribution in [0.4, 0.5) is 0 Å². The number of aliphatic hydroxyl groups is 1. The summed E-state index contributed by atoms with van der Waals surface area (Å²) in [6.07, 6.45) is 3.29. The van der Waals surface area contributed by atoms with E-state index in [0.29, 0.717) is 18.1 Å². The first-order valence-electron chi connectivity index (χ1n) is 8.33. The van der Waals surface area contributed by atoms with Crippen LogP contribution in [0.1, 0.15) is 38.9 Å². The molecule has 6 nitrogen and oxygen atoms in total. The Morgan fingerprint density at radius 2 is 2.04 bits per heavy atom. The second kappa shape index (κ2) is 6.21. The van der Waals surface area contributed by atoms with Crippen molar-refractivity contribution in [2.75, 3.05) is 0 Å². The summed E-state index contributed by atoms with van der Waals surface area (Å²) in [6.45, 7) is 1.65. The molecule has 1 aliphatic rings. The van der Waals surface area contributed by atoms with Gasteiger partial charge >= 0.3 is 0 Å². The van der Waals surface area contributed by atoms with Crippen LogP contribution in [0.25, 0.3) is 5.88 Å². The molecular weight excluding hydrogens is 330 g/mol. The summed E-state index contributed by atoms with van der Waals surface area (Å²) >= 11 is 0. The first-order valence-corrected chi connectivity index (χ1v) is 8.33. The van der Waals surface area contributed by atoms with Gasteiger partial charge in [0.15, 0.2) is 0 Å². The van der Waals surface area contributed by atoms with E-state index in [-0.39, 0.29) is 11.1 Å². The summed E-state index contributed by atoms with van der Waals surface area (Å²) < 4.78 is 7.33. The number of carbonyl (C=O) groups excluding carboxylic acids is 1. The Balaban J connectivity index is 1.69. The maximum absolute atomic E-state index is 12.9. The van der Waals surface area contributed by atoms with E-state index in [4.69, 9.17) is 4.42 Å². The molecule has 3 aromatic rings. The molecule has 0 unspecified atom stereocenters. The Labute approximate surface area is 150 Å². The molecule has 130 valence electrons. The second-order valence-corrected chi connectivity index (χ2v) is 6.34. The number of amides is 1. The molecule has 0 bridgehead atoms. The SMILES string of the molecule is Cc1oc(-n2cccc2)c(C#N)c1C(=O)N[C@H]1c2ccccc2C[C@H]1O. The normalized spacial score (nSPS) is 18.3. The molecule has 0 radical (unpaired) electrons. The quantitative estimate of drug-likeness (QED) is 0.762. The van der Waals surface area contributed by atoms with Crippen molar-refractivity contribution < 1.29 is 14.3 Å². The van der Waals surface area contributed by atoms with Gasteiger partial charge in [0.25, 0.3) is 5.91 Å². The zero-order valence-electron chi connectivity index (χ0n) is 14.1. The lowest BCUT2D eigenvalue weighted by atomic mass is 10.1. The first kappa shape index (κ1) is 16.2. The molecule has 2 atom stereocenters. The van der Waals surface area contributed by atoms with E-state index in [2.05, 4.69) is 11.4 Å². The fraction of sp³-hybridized carbons (Fsp3) is 0.200. The number of fused-ring (bicyclic) bond motifs is 1. The van der Waals surface area contributed by atoms with Gasteiger partial charge < -0.3 is 14.8 Å². The van der Waals surface area contributed by atoms with Gasteiger partial charge in [-0.05, 0) is 30.2 Å². The van der Waals surface area contributed by atoms with Crippen LogP contribution in [0.3, 0.4) is 0 Å². The van der Waals surface area contributed by atoms with Gasteiger partial charge in [0, 0.05) is 18.8 Å². The number of hydrogen-bond donors (Lipinski definition) is 2. The number of nitriles is 1. The molecule has 6 heteroatoms. The van der Waals surface area contributed by atoms with E-state index in [1.54, 1.807) is 23.9 Å². The van der Waals surface area contributed by atoms with Crippen LogP contribution in [0.15, 0.2) is 53.2 Å². The number of furan rings is 1. The Morgan fingerprint density at radius 1 is 1.31 bits per heavy atom. The van der Waals surface area contributed by atoms with Crippen LogP contribution in [-0.4, -0.2) is 21.7 Å². The highest BCUT2D eigenvalue weighted by atomic mass is 16.4. The molecule has 0 spiro atoms. The molecule has 2 aromatic heterocycles. The number of aromatic nitrogens is 1. The minimum Gasteiger partial charge on any atom is -0.443 e. The molecule has 1 aliphatic carbocycles. The molecule has 26 heavy (non-hydrogen) atoms. The minimum atomic E-state index is -0.696. The molecule has 0 saturated heterocycles. The highest BCUT2D eigenvalue weighted by Crippen LogP contribution is 2.32. The molecule has 0 saturated carbocycles. The second-order valence-electron chi connectivity index (χ2n) is 6.34. The van der Waals surface area contributed by atoms with E-state index in [0.717, 1.165) is 11.1 Å². The van der Waals surface area contributed by atoms with E-state index in [9.17, 15) is 15.2 Å². The fourth-order valence-corrected chi connectivity index (χ4v) is 3.52. The number of hydrogen-bond acceptors (Lipinski definition) is 4. The number of rotatable bonds is 3. The number of nitrogens with one attached hydrogen (secondary N) is 1. The van der Waals surface area contributed by atoms with Gasteiger partial charge in [0.1, 0.15) is 23.0 Å². The van der Waals surface area contributed by atoms with Gasteiger partial charge in [0.2, 0.25) is 5.88 Å². The lowest BCUT2D eigenvalue weighted by Gasteiger charge is -2.17. The van der Waals surface area contributed by atoms with Crippen molar-refractivity contribution in [3.8, 4) is 12.0 Å². The summed E-state index contributed by atoms with van der Waals surface area (Å²) in [5.74, 6) is 0.248. The lowest BCUT2D eigenvalue weighted by Crippen LogP contribution is -2.34. The highest BCUT2D eigenvalue weighted by molar-refractivity contribution is 5.99. The minimum absolute atomic E-state index is 0.178. The van der Waals surface area contributed by atoms with Crippen molar-refractivity contribution in [3.05, 3.63) is 76.8 Å². The third-order valence-corrected chi connectivity index (χ3v) is 4.73. The predicted octanol–water partition coefficient (Wildman–Crippen LogP) is 2.64. The Bertz CT molecular complexity index is 1010. The topological polar surface area (TPSA) is 91.2 Å². The average molecular weight is 347 g/mol. The summed E-state index contributed by atoms with van der Waals surface area (Å²) in [4.78, 5) is 12.9. The highest BCUT2D eigenvalue weighted by Gasteiger charge is 2.34. The third kappa shape index (κ3) is 2.50. The van der Waals surface area contributed by atoms with Gasteiger partial charge in [-0.3, -0.25) is 9.36 Å². The Kier molecular flexibility index (Phi) is 3.86. The van der Waals surface area contributed by atoms with Crippen LogP contribution in [0, 0.1) is 18.3 Å².